The highest BCUT2D eigenvalue weighted by molar-refractivity contribution is 5.92. The van der Waals surface area contributed by atoms with Crippen molar-refractivity contribution in [1.82, 2.24) is 20.0 Å². The minimum atomic E-state index is -0.449. The number of carbonyl (C=O) groups excluding carboxylic acids is 1. The van der Waals surface area contributed by atoms with Crippen LogP contribution >= 0.6 is 0 Å². The summed E-state index contributed by atoms with van der Waals surface area (Å²) < 4.78 is 1.82. The predicted octanol–water partition coefficient (Wildman–Crippen LogP) is 1.52. The van der Waals surface area contributed by atoms with Gasteiger partial charge in [-0.1, -0.05) is 20.8 Å². The lowest BCUT2D eigenvalue weighted by Gasteiger charge is -2.20. The molecule has 1 unspecified atom stereocenters. The van der Waals surface area contributed by atoms with E-state index in [1.807, 2.05) is 16.8 Å². The van der Waals surface area contributed by atoms with Crippen LogP contribution in [-0.2, 0) is 5.41 Å². The van der Waals surface area contributed by atoms with Crippen LogP contribution in [0, 0.1) is 0 Å². The maximum absolute atomic E-state index is 11.2. The molecule has 2 aromatic heterocycles. The van der Waals surface area contributed by atoms with Crippen LogP contribution in [0.1, 0.15) is 49.3 Å². The van der Waals surface area contributed by atoms with Crippen molar-refractivity contribution in [2.45, 2.75) is 38.6 Å². The molecule has 3 rings (SSSR count). The Morgan fingerprint density at radius 1 is 1.30 bits per heavy atom. The average molecular weight is 314 g/mol. The van der Waals surface area contributed by atoms with Gasteiger partial charge in [-0.2, -0.15) is 10.2 Å². The Labute approximate surface area is 135 Å². The fourth-order valence-corrected chi connectivity index (χ4v) is 2.72. The van der Waals surface area contributed by atoms with Crippen LogP contribution in [0.3, 0.4) is 0 Å². The molecule has 2 N–H and O–H groups in total. The molecule has 7 nitrogen and oxygen atoms in total. The summed E-state index contributed by atoms with van der Waals surface area (Å²) in [5, 5.41) is 13.0. The fourth-order valence-electron chi connectivity index (χ4n) is 2.72. The van der Waals surface area contributed by atoms with Gasteiger partial charge in [0.2, 0.25) is 0 Å². The smallest absolute Gasteiger partial charge is 0.251 e. The summed E-state index contributed by atoms with van der Waals surface area (Å²) in [5.74, 6) is 0.428. The third kappa shape index (κ3) is 3.18. The van der Waals surface area contributed by atoms with E-state index < -0.39 is 5.91 Å². The van der Waals surface area contributed by atoms with E-state index in [4.69, 9.17) is 5.73 Å². The van der Waals surface area contributed by atoms with E-state index in [-0.39, 0.29) is 11.5 Å². The first-order valence-electron chi connectivity index (χ1n) is 7.78. The largest absolute Gasteiger partial charge is 0.366 e. The second kappa shape index (κ2) is 5.64. The molecule has 0 saturated carbocycles. The molecule has 0 aliphatic carbocycles. The monoisotopic (exact) mass is 314 g/mol. The molecule has 1 fully saturated rings. The third-order valence-corrected chi connectivity index (χ3v) is 4.17. The molecule has 0 spiro atoms. The van der Waals surface area contributed by atoms with Crippen LogP contribution in [0.2, 0.25) is 0 Å². The van der Waals surface area contributed by atoms with Crippen molar-refractivity contribution in [2.24, 2.45) is 5.73 Å². The Morgan fingerprint density at radius 3 is 2.65 bits per heavy atom. The zero-order chi connectivity index (χ0) is 16.6. The summed E-state index contributed by atoms with van der Waals surface area (Å²) >= 11 is 0. The molecule has 1 aliphatic heterocycles. The van der Waals surface area contributed by atoms with Crippen LogP contribution in [0.5, 0.6) is 0 Å². The molecular formula is C16H22N6O. The maximum Gasteiger partial charge on any atom is 0.251 e. The molecule has 1 saturated heterocycles. The van der Waals surface area contributed by atoms with Crippen molar-refractivity contribution in [2.75, 3.05) is 18.0 Å². The number of nitrogens with zero attached hydrogens (tertiary/aromatic N) is 5. The second-order valence-corrected chi connectivity index (χ2v) is 6.99. The van der Waals surface area contributed by atoms with Gasteiger partial charge in [0.1, 0.15) is 0 Å². The van der Waals surface area contributed by atoms with Crippen LogP contribution in [-0.4, -0.2) is 39.0 Å². The zero-order valence-corrected chi connectivity index (χ0v) is 13.7. The summed E-state index contributed by atoms with van der Waals surface area (Å²) in [7, 11) is 0. The van der Waals surface area contributed by atoms with Gasteiger partial charge in [0.05, 0.1) is 23.5 Å². The number of amides is 1. The van der Waals surface area contributed by atoms with Gasteiger partial charge < -0.3 is 10.6 Å². The van der Waals surface area contributed by atoms with Gasteiger partial charge in [-0.25, -0.2) is 0 Å². The lowest BCUT2D eigenvalue weighted by molar-refractivity contribution is 0.1000. The van der Waals surface area contributed by atoms with Crippen molar-refractivity contribution < 1.29 is 4.79 Å². The van der Waals surface area contributed by atoms with E-state index >= 15 is 0 Å². The van der Waals surface area contributed by atoms with Crippen LogP contribution in [0.4, 0.5) is 5.82 Å². The average Bonchev–Trinajstić information content (AvgIpc) is 3.15. The first kappa shape index (κ1) is 15.5. The number of carbonyl (C=O) groups is 1. The van der Waals surface area contributed by atoms with Crippen LogP contribution < -0.4 is 10.6 Å². The first-order valence-corrected chi connectivity index (χ1v) is 7.78. The number of nitrogens with two attached hydrogens (primary N) is 1. The molecule has 3 heterocycles. The number of primary amides is 1. The van der Waals surface area contributed by atoms with E-state index in [0.29, 0.717) is 5.56 Å². The van der Waals surface area contributed by atoms with Gasteiger partial charge in [0.15, 0.2) is 5.82 Å². The van der Waals surface area contributed by atoms with Crippen molar-refractivity contribution in [3.8, 4) is 0 Å². The lowest BCUT2D eigenvalue weighted by Crippen LogP contribution is -2.23. The Bertz CT molecular complexity index is 700. The molecule has 23 heavy (non-hydrogen) atoms. The molecule has 7 heteroatoms. The van der Waals surface area contributed by atoms with E-state index in [1.54, 1.807) is 6.20 Å². The SMILES string of the molecule is CC(C)(C)c1ccc(N2CCC(n3cc(C(N)=O)cn3)C2)nn1. The van der Waals surface area contributed by atoms with Gasteiger partial charge in [0, 0.05) is 24.7 Å². The minimum absolute atomic E-state index is 0.000697. The highest BCUT2D eigenvalue weighted by Gasteiger charge is 2.26. The number of hydrogen-bond acceptors (Lipinski definition) is 5. The molecular weight excluding hydrogens is 292 g/mol. The van der Waals surface area contributed by atoms with E-state index in [9.17, 15) is 4.79 Å². The molecule has 1 aliphatic rings. The fraction of sp³-hybridized carbons (Fsp3) is 0.500. The van der Waals surface area contributed by atoms with E-state index in [1.165, 1.54) is 6.20 Å². The number of anilines is 1. The predicted molar refractivity (Wildman–Crippen MR) is 87.3 cm³/mol. The van der Waals surface area contributed by atoms with Crippen molar-refractivity contribution >= 4 is 11.7 Å². The van der Waals surface area contributed by atoms with Crippen LogP contribution in [0.15, 0.2) is 24.5 Å². The number of rotatable bonds is 3. The van der Waals surface area contributed by atoms with Crippen molar-refractivity contribution in [1.29, 1.82) is 0 Å². The number of hydrogen-bond donors (Lipinski definition) is 1. The quantitative estimate of drug-likeness (QED) is 0.927. The molecule has 122 valence electrons. The summed E-state index contributed by atoms with van der Waals surface area (Å²) in [5.41, 5.74) is 6.70. The summed E-state index contributed by atoms with van der Waals surface area (Å²) in [4.78, 5) is 13.4. The molecule has 1 atom stereocenters. The highest BCUT2D eigenvalue weighted by Crippen LogP contribution is 2.26. The van der Waals surface area contributed by atoms with Crippen molar-refractivity contribution in [3.63, 3.8) is 0 Å². The second-order valence-electron chi connectivity index (χ2n) is 6.99. The minimum Gasteiger partial charge on any atom is -0.366 e. The van der Waals surface area contributed by atoms with Gasteiger partial charge in [0.25, 0.3) is 5.91 Å². The van der Waals surface area contributed by atoms with Crippen LogP contribution in [0.25, 0.3) is 0 Å². The van der Waals surface area contributed by atoms with E-state index in [0.717, 1.165) is 31.0 Å². The standard InChI is InChI=1S/C16H22N6O/c1-16(2,3)13-4-5-14(20-19-13)21-7-6-12(10-21)22-9-11(8-18-22)15(17)23/h4-5,8-9,12H,6-7,10H2,1-3H3,(H2,17,23). The topological polar surface area (TPSA) is 89.9 Å². The molecule has 1 amide bonds. The Hall–Kier alpha value is -2.44. The molecule has 0 radical (unpaired) electrons. The molecule has 2 aromatic rings. The normalized spacial score (nSPS) is 18.4. The summed E-state index contributed by atoms with van der Waals surface area (Å²) in [6, 6.07) is 4.27. The molecule has 0 bridgehead atoms. The van der Waals surface area contributed by atoms with Gasteiger partial charge >= 0.3 is 0 Å². The Kier molecular flexibility index (Phi) is 3.79. The third-order valence-electron chi connectivity index (χ3n) is 4.17. The summed E-state index contributed by atoms with van der Waals surface area (Å²) in [6.45, 7) is 8.05. The maximum atomic E-state index is 11.2. The molecule has 0 aromatic carbocycles. The van der Waals surface area contributed by atoms with Gasteiger partial charge in [-0.15, -0.1) is 5.10 Å². The zero-order valence-electron chi connectivity index (χ0n) is 13.7. The Morgan fingerprint density at radius 2 is 2.09 bits per heavy atom. The number of aromatic nitrogens is 4. The first-order chi connectivity index (χ1) is 10.8. The lowest BCUT2D eigenvalue weighted by atomic mass is 9.92. The summed E-state index contributed by atoms with van der Waals surface area (Å²) in [6.07, 6.45) is 4.18. The Balaban J connectivity index is 1.70. The van der Waals surface area contributed by atoms with Crippen molar-refractivity contribution in [3.05, 3.63) is 35.8 Å². The van der Waals surface area contributed by atoms with Gasteiger partial charge in [-0.05, 0) is 18.6 Å². The van der Waals surface area contributed by atoms with E-state index in [2.05, 4.69) is 41.0 Å². The highest BCUT2D eigenvalue weighted by atomic mass is 16.1. The van der Waals surface area contributed by atoms with Gasteiger partial charge in [-0.3, -0.25) is 9.48 Å².